The van der Waals surface area contributed by atoms with Crippen molar-refractivity contribution < 1.29 is 23.8 Å². The van der Waals surface area contributed by atoms with Crippen molar-refractivity contribution in [3.8, 4) is 0 Å². The van der Waals surface area contributed by atoms with Gasteiger partial charge in [-0.15, -0.1) is 0 Å². The summed E-state index contributed by atoms with van der Waals surface area (Å²) in [4.78, 5) is 17.3. The lowest BCUT2D eigenvalue weighted by atomic mass is 9.91. The number of aromatic nitrogens is 1. The molecule has 1 atom stereocenters. The van der Waals surface area contributed by atoms with Gasteiger partial charge in [-0.2, -0.15) is 0 Å². The number of aliphatic carboxylic acids is 1. The molecule has 1 N–H and O–H groups in total. The molecule has 8 heteroatoms. The molecule has 0 bridgehead atoms. The van der Waals surface area contributed by atoms with Crippen molar-refractivity contribution in [3.05, 3.63) is 21.4 Å². The molecule has 2 fully saturated rings. The number of hydrogen-bond acceptors (Lipinski definition) is 5. The SMILES string of the molecule is Cc1nc(C)c(C(O)C(=O)[O-])c(N2CCC3(CC2)CC3(F)F)c1Br. The fourth-order valence-electron chi connectivity index (χ4n) is 3.66. The molecular weight excluding hydrogens is 386 g/mol. The minimum absolute atomic E-state index is 0.0715. The number of nitrogens with zero attached hydrogens (tertiary/aromatic N) is 2. The van der Waals surface area contributed by atoms with Crippen LogP contribution in [-0.4, -0.2) is 35.1 Å². The van der Waals surface area contributed by atoms with E-state index >= 15 is 0 Å². The highest BCUT2D eigenvalue weighted by Gasteiger charge is 2.70. The maximum atomic E-state index is 13.6. The Morgan fingerprint density at radius 3 is 2.33 bits per heavy atom. The molecule has 24 heavy (non-hydrogen) atoms. The van der Waals surface area contributed by atoms with Gasteiger partial charge in [-0.1, -0.05) is 0 Å². The summed E-state index contributed by atoms with van der Waals surface area (Å²) in [5, 5.41) is 21.2. The van der Waals surface area contributed by atoms with Gasteiger partial charge in [0.05, 0.1) is 21.8 Å². The van der Waals surface area contributed by atoms with Crippen LogP contribution >= 0.6 is 15.9 Å². The maximum absolute atomic E-state index is 13.6. The molecule has 0 aromatic carbocycles. The van der Waals surface area contributed by atoms with Crippen molar-refractivity contribution in [1.29, 1.82) is 0 Å². The molecule has 1 aliphatic carbocycles. The van der Waals surface area contributed by atoms with E-state index in [4.69, 9.17) is 0 Å². The molecule has 3 rings (SSSR count). The molecule has 0 radical (unpaired) electrons. The van der Waals surface area contributed by atoms with Gasteiger partial charge in [-0.05, 0) is 42.6 Å². The number of carbonyl (C=O) groups excluding carboxylic acids is 1. The molecule has 1 aromatic heterocycles. The molecule has 1 saturated heterocycles. The van der Waals surface area contributed by atoms with Crippen LogP contribution in [0.5, 0.6) is 0 Å². The zero-order chi connectivity index (χ0) is 17.9. The molecule has 0 amide bonds. The second kappa shape index (κ2) is 5.62. The lowest BCUT2D eigenvalue weighted by Gasteiger charge is -2.37. The van der Waals surface area contributed by atoms with Gasteiger partial charge in [0.15, 0.2) is 0 Å². The summed E-state index contributed by atoms with van der Waals surface area (Å²) in [6.45, 7) is 4.13. The number of hydrogen-bond donors (Lipinski definition) is 1. The molecule has 2 heterocycles. The third-order valence-electron chi connectivity index (χ3n) is 5.25. The second-order valence-corrected chi connectivity index (χ2v) is 7.52. The van der Waals surface area contributed by atoms with Crippen LogP contribution in [-0.2, 0) is 4.79 Å². The highest BCUT2D eigenvalue weighted by atomic mass is 79.9. The van der Waals surface area contributed by atoms with E-state index in [9.17, 15) is 23.8 Å². The van der Waals surface area contributed by atoms with Gasteiger partial charge in [0.25, 0.3) is 5.92 Å². The smallest absolute Gasteiger partial charge is 0.254 e. The number of aliphatic hydroxyl groups excluding tert-OH is 1. The average Bonchev–Trinajstić information content (AvgIpc) is 3.03. The zero-order valence-electron chi connectivity index (χ0n) is 13.4. The number of aryl methyl sites for hydroxylation is 2. The number of pyridine rings is 1. The van der Waals surface area contributed by atoms with Gasteiger partial charge in [-0.3, -0.25) is 4.98 Å². The molecule has 1 aromatic rings. The van der Waals surface area contributed by atoms with E-state index in [1.54, 1.807) is 13.8 Å². The minimum Gasteiger partial charge on any atom is -0.547 e. The zero-order valence-corrected chi connectivity index (χ0v) is 15.0. The first-order chi connectivity index (χ1) is 11.1. The van der Waals surface area contributed by atoms with Gasteiger partial charge >= 0.3 is 0 Å². The van der Waals surface area contributed by atoms with E-state index in [1.807, 2.05) is 4.90 Å². The lowest BCUT2D eigenvalue weighted by Crippen LogP contribution is -2.39. The van der Waals surface area contributed by atoms with Crippen LogP contribution in [0.15, 0.2) is 4.47 Å². The minimum atomic E-state index is -2.59. The number of piperidine rings is 1. The standard InChI is InChI=1S/C16H19BrF2N2O3/c1-8-10(13(22)14(23)24)12(11(17)9(2)20-8)21-5-3-15(4-6-21)7-16(15,18)19/h13,22H,3-7H2,1-2H3,(H,23,24)/p-1. The first-order valence-corrected chi connectivity index (χ1v) is 8.57. The normalized spacial score (nSPS) is 22.5. The Bertz CT molecular complexity index is 703. The Hall–Kier alpha value is -1.28. The number of carbonyl (C=O) groups is 1. The van der Waals surface area contributed by atoms with Crippen molar-refractivity contribution in [1.82, 2.24) is 4.98 Å². The van der Waals surface area contributed by atoms with Crippen molar-refractivity contribution in [2.24, 2.45) is 5.41 Å². The van der Waals surface area contributed by atoms with E-state index in [0.717, 1.165) is 0 Å². The molecule has 5 nitrogen and oxygen atoms in total. The Balaban J connectivity index is 1.97. The predicted molar refractivity (Wildman–Crippen MR) is 84.8 cm³/mol. The first kappa shape index (κ1) is 17.5. The van der Waals surface area contributed by atoms with Crippen LogP contribution < -0.4 is 10.0 Å². The summed E-state index contributed by atoms with van der Waals surface area (Å²) in [6, 6.07) is 0. The maximum Gasteiger partial charge on any atom is 0.254 e. The fourth-order valence-corrected chi connectivity index (χ4v) is 4.21. The van der Waals surface area contributed by atoms with E-state index < -0.39 is 23.4 Å². The number of anilines is 1. The van der Waals surface area contributed by atoms with E-state index in [-0.39, 0.29) is 12.0 Å². The van der Waals surface area contributed by atoms with Crippen LogP contribution in [0.2, 0.25) is 0 Å². The third-order valence-corrected chi connectivity index (χ3v) is 6.20. The largest absolute Gasteiger partial charge is 0.547 e. The average molecular weight is 404 g/mol. The Kier molecular flexibility index (Phi) is 4.11. The van der Waals surface area contributed by atoms with Crippen molar-refractivity contribution >= 4 is 27.6 Å². The monoisotopic (exact) mass is 403 g/mol. The number of carboxylic acid groups (broad SMARTS) is 1. The number of aliphatic hydroxyl groups is 1. The topological polar surface area (TPSA) is 76.5 Å². The summed E-state index contributed by atoms with van der Waals surface area (Å²) >= 11 is 3.41. The van der Waals surface area contributed by atoms with Gasteiger partial charge in [0.2, 0.25) is 0 Å². The summed E-state index contributed by atoms with van der Waals surface area (Å²) in [5.74, 6) is -4.20. The number of alkyl halides is 2. The molecule has 1 spiro atoms. The summed E-state index contributed by atoms with van der Waals surface area (Å²) in [6.07, 6.45) is -1.21. The highest BCUT2D eigenvalue weighted by molar-refractivity contribution is 9.10. The Labute approximate surface area is 146 Å². The van der Waals surface area contributed by atoms with Crippen LogP contribution in [0.3, 0.4) is 0 Å². The van der Waals surface area contributed by atoms with Gasteiger partial charge in [0, 0.05) is 36.2 Å². The first-order valence-electron chi connectivity index (χ1n) is 7.78. The molecule has 1 aliphatic heterocycles. The van der Waals surface area contributed by atoms with Crippen molar-refractivity contribution in [2.75, 3.05) is 18.0 Å². The number of rotatable bonds is 3. The molecule has 1 unspecified atom stereocenters. The molecule has 2 aliphatic rings. The summed E-state index contributed by atoms with van der Waals surface area (Å²) in [5.41, 5.74) is 0.801. The van der Waals surface area contributed by atoms with E-state index in [1.165, 1.54) is 0 Å². The second-order valence-electron chi connectivity index (χ2n) is 6.73. The van der Waals surface area contributed by atoms with Crippen LogP contribution in [0, 0.1) is 19.3 Å². The van der Waals surface area contributed by atoms with E-state index in [2.05, 4.69) is 20.9 Å². The molecule has 1 saturated carbocycles. The van der Waals surface area contributed by atoms with Crippen molar-refractivity contribution in [3.63, 3.8) is 0 Å². The number of carboxylic acids is 1. The summed E-state index contributed by atoms with van der Waals surface area (Å²) < 4.78 is 27.7. The fraction of sp³-hybridized carbons (Fsp3) is 0.625. The van der Waals surface area contributed by atoms with Crippen LogP contribution in [0.4, 0.5) is 14.5 Å². The molecule has 132 valence electrons. The highest BCUT2D eigenvalue weighted by Crippen LogP contribution is 2.66. The quantitative estimate of drug-likeness (QED) is 0.833. The Morgan fingerprint density at radius 2 is 1.88 bits per heavy atom. The molecular formula is C16H18BrF2N2O3-. The van der Waals surface area contributed by atoms with Gasteiger partial charge in [-0.25, -0.2) is 8.78 Å². The predicted octanol–water partition coefficient (Wildman–Crippen LogP) is 1.87. The Morgan fingerprint density at radius 1 is 1.33 bits per heavy atom. The van der Waals surface area contributed by atoms with Gasteiger partial charge < -0.3 is 19.9 Å². The third kappa shape index (κ3) is 2.60. The lowest BCUT2D eigenvalue weighted by molar-refractivity contribution is -0.315. The van der Waals surface area contributed by atoms with E-state index in [0.29, 0.717) is 47.5 Å². The van der Waals surface area contributed by atoms with Crippen molar-refractivity contribution in [2.45, 2.75) is 45.1 Å². The number of halogens is 3. The summed E-state index contributed by atoms with van der Waals surface area (Å²) in [7, 11) is 0. The van der Waals surface area contributed by atoms with Crippen LogP contribution in [0.25, 0.3) is 0 Å². The van der Waals surface area contributed by atoms with Gasteiger partial charge in [0.1, 0.15) is 6.10 Å². The van der Waals surface area contributed by atoms with Crippen LogP contribution in [0.1, 0.15) is 42.3 Å².